The molecule has 0 spiro atoms. The highest BCUT2D eigenvalue weighted by Gasteiger charge is 1.98. The van der Waals surface area contributed by atoms with Crippen LogP contribution in [0.1, 0.15) is 12.0 Å². The summed E-state index contributed by atoms with van der Waals surface area (Å²) in [4.78, 5) is 0.934. The van der Waals surface area contributed by atoms with Crippen molar-refractivity contribution in [3.8, 4) is 11.8 Å². The molecule has 0 aromatic heterocycles. The Balaban J connectivity index is 1.67. The first-order valence-corrected chi connectivity index (χ1v) is 7.28. The van der Waals surface area contributed by atoms with E-state index in [9.17, 15) is 4.39 Å². The summed E-state index contributed by atoms with van der Waals surface area (Å²) < 4.78 is 18.5. The minimum atomic E-state index is -0.205. The fraction of sp³-hybridized carbons (Fsp3) is 0.188. The largest absolute Gasteiger partial charge is 0.494 e. The molecule has 102 valence electrons. The van der Waals surface area contributed by atoms with E-state index < -0.39 is 0 Å². The molecule has 4 heteroatoms. The van der Waals surface area contributed by atoms with Crippen LogP contribution in [0.25, 0.3) is 0 Å². The molecule has 0 aliphatic rings. The molecule has 2 aromatic carbocycles. The predicted molar refractivity (Wildman–Crippen MR) is 78.4 cm³/mol. The SMILES string of the molecule is N#Cc1ccc(OCCCSc2cccc(F)c2)cc1. The lowest BCUT2D eigenvalue weighted by molar-refractivity contribution is 0.318. The molecule has 20 heavy (non-hydrogen) atoms. The molecule has 0 atom stereocenters. The molecule has 0 N–H and O–H groups in total. The van der Waals surface area contributed by atoms with Gasteiger partial charge >= 0.3 is 0 Å². The van der Waals surface area contributed by atoms with Crippen molar-refractivity contribution in [1.82, 2.24) is 0 Å². The average Bonchev–Trinajstić information content (AvgIpc) is 2.48. The summed E-state index contributed by atoms with van der Waals surface area (Å²) in [5.74, 6) is 1.43. The number of ether oxygens (including phenoxy) is 1. The Hall–Kier alpha value is -1.99. The van der Waals surface area contributed by atoms with Gasteiger partial charge in [0.15, 0.2) is 0 Å². The Morgan fingerprint density at radius 1 is 1.15 bits per heavy atom. The summed E-state index contributed by atoms with van der Waals surface area (Å²) in [7, 11) is 0. The normalized spacial score (nSPS) is 10.0. The zero-order valence-electron chi connectivity index (χ0n) is 10.9. The minimum Gasteiger partial charge on any atom is -0.494 e. The maximum absolute atomic E-state index is 13.0. The summed E-state index contributed by atoms with van der Waals surface area (Å²) >= 11 is 1.61. The van der Waals surface area contributed by atoms with E-state index in [2.05, 4.69) is 6.07 Å². The van der Waals surface area contributed by atoms with Gasteiger partial charge in [-0.2, -0.15) is 5.26 Å². The topological polar surface area (TPSA) is 33.0 Å². The molecule has 0 aliphatic heterocycles. The quantitative estimate of drug-likeness (QED) is 0.588. The fourth-order valence-corrected chi connectivity index (χ4v) is 2.49. The molecule has 0 radical (unpaired) electrons. The highest BCUT2D eigenvalue weighted by Crippen LogP contribution is 2.19. The first-order chi connectivity index (χ1) is 9.78. The van der Waals surface area contributed by atoms with Crippen LogP contribution in [0.5, 0.6) is 5.75 Å². The smallest absolute Gasteiger partial charge is 0.124 e. The van der Waals surface area contributed by atoms with Gasteiger partial charge in [0.05, 0.1) is 18.2 Å². The van der Waals surface area contributed by atoms with Crippen molar-refractivity contribution in [2.45, 2.75) is 11.3 Å². The van der Waals surface area contributed by atoms with Gasteiger partial charge in [0.2, 0.25) is 0 Å². The van der Waals surface area contributed by atoms with Crippen molar-refractivity contribution in [2.24, 2.45) is 0 Å². The number of hydrogen-bond acceptors (Lipinski definition) is 3. The van der Waals surface area contributed by atoms with Crippen molar-refractivity contribution in [1.29, 1.82) is 5.26 Å². The van der Waals surface area contributed by atoms with Crippen LogP contribution in [0.3, 0.4) is 0 Å². The second-order valence-electron chi connectivity index (χ2n) is 4.14. The van der Waals surface area contributed by atoms with E-state index >= 15 is 0 Å². The molecule has 0 saturated heterocycles. The summed E-state index contributed by atoms with van der Waals surface area (Å²) in [6.45, 7) is 0.605. The van der Waals surface area contributed by atoms with Crippen LogP contribution in [-0.2, 0) is 0 Å². The van der Waals surface area contributed by atoms with Gasteiger partial charge in [-0.3, -0.25) is 0 Å². The first-order valence-electron chi connectivity index (χ1n) is 6.29. The number of hydrogen-bond donors (Lipinski definition) is 0. The fourth-order valence-electron chi connectivity index (χ4n) is 1.62. The van der Waals surface area contributed by atoms with Gasteiger partial charge in [0.25, 0.3) is 0 Å². The van der Waals surface area contributed by atoms with Gasteiger partial charge in [0, 0.05) is 10.6 Å². The number of nitrogens with zero attached hydrogens (tertiary/aromatic N) is 1. The number of nitriles is 1. The van der Waals surface area contributed by atoms with Crippen molar-refractivity contribution >= 4 is 11.8 Å². The molecule has 0 heterocycles. The van der Waals surface area contributed by atoms with E-state index in [1.54, 1.807) is 42.1 Å². The lowest BCUT2D eigenvalue weighted by Crippen LogP contribution is -1.98. The lowest BCUT2D eigenvalue weighted by Gasteiger charge is -2.06. The molecule has 0 unspecified atom stereocenters. The molecular weight excluding hydrogens is 273 g/mol. The highest BCUT2D eigenvalue weighted by molar-refractivity contribution is 7.99. The third-order valence-electron chi connectivity index (χ3n) is 2.61. The maximum atomic E-state index is 13.0. The van der Waals surface area contributed by atoms with Crippen molar-refractivity contribution in [3.63, 3.8) is 0 Å². The predicted octanol–water partition coefficient (Wildman–Crippen LogP) is 4.26. The van der Waals surface area contributed by atoms with Gasteiger partial charge < -0.3 is 4.74 Å². The summed E-state index contributed by atoms with van der Waals surface area (Å²) in [5.41, 5.74) is 0.624. The van der Waals surface area contributed by atoms with Crippen molar-refractivity contribution < 1.29 is 9.13 Å². The minimum absolute atomic E-state index is 0.205. The summed E-state index contributed by atoms with van der Waals surface area (Å²) in [5, 5.41) is 8.68. The second-order valence-corrected chi connectivity index (χ2v) is 5.31. The van der Waals surface area contributed by atoms with Crippen LogP contribution >= 0.6 is 11.8 Å². The van der Waals surface area contributed by atoms with E-state index in [1.807, 2.05) is 6.07 Å². The number of thioether (sulfide) groups is 1. The van der Waals surface area contributed by atoms with E-state index in [1.165, 1.54) is 12.1 Å². The van der Waals surface area contributed by atoms with Gasteiger partial charge in [-0.1, -0.05) is 6.07 Å². The third-order valence-corrected chi connectivity index (χ3v) is 3.69. The Morgan fingerprint density at radius 2 is 1.95 bits per heavy atom. The highest BCUT2D eigenvalue weighted by atomic mass is 32.2. The van der Waals surface area contributed by atoms with Gasteiger partial charge in [0.1, 0.15) is 11.6 Å². The molecule has 2 aromatic rings. The van der Waals surface area contributed by atoms with Crippen LogP contribution < -0.4 is 4.74 Å². The maximum Gasteiger partial charge on any atom is 0.124 e. The van der Waals surface area contributed by atoms with Gasteiger partial charge in [-0.05, 0) is 48.9 Å². The Kier molecular flexibility index (Phi) is 5.45. The average molecular weight is 287 g/mol. The summed E-state index contributed by atoms with van der Waals surface area (Å²) in [6.07, 6.45) is 0.876. The van der Waals surface area contributed by atoms with Crippen LogP contribution in [-0.4, -0.2) is 12.4 Å². The number of benzene rings is 2. The molecule has 0 bridgehead atoms. The third kappa shape index (κ3) is 4.60. The Labute approximate surface area is 122 Å². The van der Waals surface area contributed by atoms with Gasteiger partial charge in [-0.15, -0.1) is 11.8 Å². The number of rotatable bonds is 6. The lowest BCUT2D eigenvalue weighted by atomic mass is 10.2. The van der Waals surface area contributed by atoms with E-state index in [4.69, 9.17) is 10.00 Å². The molecular formula is C16H14FNOS. The molecule has 0 saturated carbocycles. The van der Waals surface area contributed by atoms with Crippen LogP contribution in [0.4, 0.5) is 4.39 Å². The van der Waals surface area contributed by atoms with E-state index in [-0.39, 0.29) is 5.82 Å². The zero-order valence-corrected chi connectivity index (χ0v) is 11.7. The molecule has 0 aliphatic carbocycles. The zero-order chi connectivity index (χ0) is 14.2. The Bertz CT molecular complexity index is 592. The molecule has 2 nitrogen and oxygen atoms in total. The van der Waals surface area contributed by atoms with Crippen molar-refractivity contribution in [2.75, 3.05) is 12.4 Å². The van der Waals surface area contributed by atoms with Crippen LogP contribution in [0.15, 0.2) is 53.4 Å². The summed E-state index contributed by atoms with van der Waals surface area (Å²) in [6, 6.07) is 15.7. The number of halogens is 1. The monoisotopic (exact) mass is 287 g/mol. The Morgan fingerprint density at radius 3 is 2.65 bits per heavy atom. The van der Waals surface area contributed by atoms with Crippen LogP contribution in [0.2, 0.25) is 0 Å². The van der Waals surface area contributed by atoms with Gasteiger partial charge in [-0.25, -0.2) is 4.39 Å². The van der Waals surface area contributed by atoms with Crippen molar-refractivity contribution in [3.05, 3.63) is 59.9 Å². The molecule has 0 amide bonds. The first kappa shape index (κ1) is 14.4. The van der Waals surface area contributed by atoms with Crippen LogP contribution in [0, 0.1) is 17.1 Å². The van der Waals surface area contributed by atoms with E-state index in [0.29, 0.717) is 12.2 Å². The van der Waals surface area contributed by atoms with E-state index in [0.717, 1.165) is 22.8 Å². The second kappa shape index (κ2) is 7.56. The standard InChI is InChI=1S/C16H14FNOS/c17-14-3-1-4-16(11-14)20-10-2-9-19-15-7-5-13(12-18)6-8-15/h1,3-8,11H,2,9-10H2. The molecule has 2 rings (SSSR count). The molecule has 0 fully saturated rings.